The molecule has 2 aromatic rings. The second-order valence-electron chi connectivity index (χ2n) is 2.99. The topological polar surface area (TPSA) is 94.1 Å². The largest absolute Gasteiger partial charge is 0.870 e. The van der Waals surface area contributed by atoms with Crippen LogP contribution in [0, 0.1) is 0 Å². The third kappa shape index (κ3) is 1.93. The second kappa shape index (κ2) is 4.76. The molecule has 1 heterocycles. The van der Waals surface area contributed by atoms with Gasteiger partial charge < -0.3 is 21.3 Å². The van der Waals surface area contributed by atoms with Gasteiger partial charge in [0.25, 0.3) is 0 Å². The van der Waals surface area contributed by atoms with Crippen LogP contribution < -0.4 is 5.73 Å². The van der Waals surface area contributed by atoms with Crippen LogP contribution in [0.5, 0.6) is 0 Å². The summed E-state index contributed by atoms with van der Waals surface area (Å²) in [6.07, 6.45) is 2.12. The maximum absolute atomic E-state index is 3.90. The minimum Gasteiger partial charge on any atom is -0.870 e. The smallest absolute Gasteiger partial charge is 0.128 e. The molecule has 0 atom stereocenters. The molecule has 0 aliphatic carbocycles. The summed E-state index contributed by atoms with van der Waals surface area (Å²) in [5.41, 5.74) is 6.27. The van der Waals surface area contributed by atoms with Crippen LogP contribution in [0.2, 0.25) is 0 Å². The van der Waals surface area contributed by atoms with Gasteiger partial charge in [-0.3, -0.25) is 0 Å². The maximum atomic E-state index is 3.90. The molecule has 0 aliphatic heterocycles. The molecule has 0 saturated carbocycles. The molecule has 14 heavy (non-hydrogen) atoms. The zero-order valence-corrected chi connectivity index (χ0v) is 8.20. The molecule has 0 unspecified atom stereocenters. The lowest BCUT2D eigenvalue weighted by atomic mass is 10.2. The first-order valence-electron chi connectivity index (χ1n) is 4.22. The highest BCUT2D eigenvalue weighted by Gasteiger charge is 1.99. The number of quaternary nitrogens is 1. The number of rotatable bonds is 1. The van der Waals surface area contributed by atoms with Gasteiger partial charge in [0.1, 0.15) is 5.69 Å². The van der Waals surface area contributed by atoms with Gasteiger partial charge in [0.15, 0.2) is 0 Å². The van der Waals surface area contributed by atoms with E-state index in [1.165, 1.54) is 10.9 Å². The second-order valence-corrected chi connectivity index (χ2v) is 2.99. The first-order valence-corrected chi connectivity index (χ1v) is 4.22. The summed E-state index contributed by atoms with van der Waals surface area (Å²) in [7, 11) is 0. The van der Waals surface area contributed by atoms with Crippen LogP contribution in [-0.2, 0) is 6.54 Å². The summed E-state index contributed by atoms with van der Waals surface area (Å²) in [6, 6.07) is 8.42. The van der Waals surface area contributed by atoms with Crippen molar-refractivity contribution in [1.29, 1.82) is 0 Å². The van der Waals surface area contributed by atoms with E-state index >= 15 is 0 Å². The lowest BCUT2D eigenvalue weighted by Crippen LogP contribution is -2.39. The van der Waals surface area contributed by atoms with E-state index in [9.17, 15) is 0 Å². The van der Waals surface area contributed by atoms with E-state index in [4.69, 9.17) is 0 Å². The quantitative estimate of drug-likeness (QED) is 0.707. The molecule has 0 radical (unpaired) electrons. The monoisotopic (exact) mass is 196 g/mol. The van der Waals surface area contributed by atoms with E-state index in [1.54, 1.807) is 0 Å². The molecule has 0 fully saturated rings. The lowest BCUT2D eigenvalue weighted by Gasteiger charge is -1.98. The van der Waals surface area contributed by atoms with Gasteiger partial charge in [-0.2, -0.15) is 0 Å². The summed E-state index contributed by atoms with van der Waals surface area (Å²) in [5, 5.41) is 1.28. The van der Waals surface area contributed by atoms with Crippen LogP contribution in [0.15, 0.2) is 30.5 Å². The molecule has 4 heteroatoms. The van der Waals surface area contributed by atoms with Gasteiger partial charge in [-0.25, -0.2) is 0 Å². The Hall–Kier alpha value is -1.36. The van der Waals surface area contributed by atoms with Gasteiger partial charge in [-0.15, -0.1) is 0 Å². The first-order chi connectivity index (χ1) is 5.81. The Morgan fingerprint density at radius 1 is 1.29 bits per heavy atom. The number of aromatic nitrogens is 1. The van der Waals surface area contributed by atoms with Crippen molar-refractivity contribution in [2.24, 2.45) is 0 Å². The van der Waals surface area contributed by atoms with Crippen molar-refractivity contribution in [1.82, 2.24) is 4.57 Å². The van der Waals surface area contributed by atoms with Crippen LogP contribution in [0.3, 0.4) is 0 Å². The predicted molar refractivity (Wildman–Crippen MR) is 55.7 cm³/mol. The number of benzene rings is 1. The maximum Gasteiger partial charge on any atom is 0.128 e. The molecule has 0 saturated heterocycles. The van der Waals surface area contributed by atoms with Crippen molar-refractivity contribution in [2.45, 2.75) is 13.5 Å². The zero-order valence-electron chi connectivity index (χ0n) is 8.20. The molecule has 6 N–H and O–H groups in total. The number of nitrogens with zero attached hydrogens (tertiary/aromatic N) is 1. The van der Waals surface area contributed by atoms with E-state index < -0.39 is 0 Å². The summed E-state index contributed by atoms with van der Waals surface area (Å²) in [4.78, 5) is 0. The van der Waals surface area contributed by atoms with Gasteiger partial charge in [0, 0.05) is 35.8 Å². The van der Waals surface area contributed by atoms with E-state index in [0.29, 0.717) is 0 Å². The van der Waals surface area contributed by atoms with E-state index in [-0.39, 0.29) is 11.0 Å². The fourth-order valence-corrected chi connectivity index (χ4v) is 1.53. The van der Waals surface area contributed by atoms with E-state index in [1.807, 2.05) is 0 Å². The highest BCUT2D eigenvalue weighted by molar-refractivity contribution is 5.82. The molecule has 0 aliphatic rings. The van der Waals surface area contributed by atoms with Gasteiger partial charge in [-0.05, 0) is 19.1 Å². The van der Waals surface area contributed by atoms with Gasteiger partial charge in [-0.1, -0.05) is 0 Å². The number of aryl methyl sites for hydroxylation is 1. The van der Waals surface area contributed by atoms with Gasteiger partial charge >= 0.3 is 0 Å². The summed E-state index contributed by atoms with van der Waals surface area (Å²) >= 11 is 0. The van der Waals surface area contributed by atoms with Crippen molar-refractivity contribution in [3.05, 3.63) is 30.5 Å². The first kappa shape index (κ1) is 12.6. The molecule has 1 aromatic heterocycles. The molecule has 78 valence electrons. The third-order valence-electron chi connectivity index (χ3n) is 2.18. The average Bonchev–Trinajstić information content (AvgIpc) is 2.46. The Kier molecular flexibility index (Phi) is 4.30. The Labute approximate surface area is 82.6 Å². The highest BCUT2D eigenvalue weighted by atomic mass is 16.0. The molecule has 1 aromatic carbocycles. The molecule has 2 rings (SSSR count). The van der Waals surface area contributed by atoms with Crippen molar-refractivity contribution in [3.8, 4) is 0 Å². The molecular formula is C10H16N2O2. The summed E-state index contributed by atoms with van der Waals surface area (Å²) in [5.74, 6) is 0. The van der Waals surface area contributed by atoms with Crippen molar-refractivity contribution in [2.75, 3.05) is 0 Å². The third-order valence-corrected chi connectivity index (χ3v) is 2.18. The van der Waals surface area contributed by atoms with E-state index in [2.05, 4.69) is 47.7 Å². The Morgan fingerprint density at radius 3 is 2.64 bits per heavy atom. The SMILES string of the molecule is CCn1ccc2cc([NH3+])ccc21.O.[OH-]. The molecular weight excluding hydrogens is 180 g/mol. The number of hydrogen-bond acceptors (Lipinski definition) is 1. The van der Waals surface area contributed by atoms with Crippen LogP contribution in [0.4, 0.5) is 5.69 Å². The summed E-state index contributed by atoms with van der Waals surface area (Å²) < 4.78 is 2.23. The van der Waals surface area contributed by atoms with E-state index in [0.717, 1.165) is 12.2 Å². The number of hydrogen-bond donors (Lipinski definition) is 1. The van der Waals surface area contributed by atoms with Gasteiger partial charge in [0.2, 0.25) is 0 Å². The molecule has 0 bridgehead atoms. The number of fused-ring (bicyclic) bond motifs is 1. The van der Waals surface area contributed by atoms with Crippen LogP contribution >= 0.6 is 0 Å². The lowest BCUT2D eigenvalue weighted by molar-refractivity contribution is -0.254. The normalized spacial score (nSPS) is 9.29. The van der Waals surface area contributed by atoms with Gasteiger partial charge in [0.05, 0.1) is 0 Å². The molecule has 0 amide bonds. The highest BCUT2D eigenvalue weighted by Crippen LogP contribution is 2.17. The van der Waals surface area contributed by atoms with Crippen molar-refractivity contribution >= 4 is 16.6 Å². The average molecular weight is 196 g/mol. The van der Waals surface area contributed by atoms with Crippen LogP contribution in [-0.4, -0.2) is 15.5 Å². The Morgan fingerprint density at radius 2 is 2.00 bits per heavy atom. The summed E-state index contributed by atoms with van der Waals surface area (Å²) in [6.45, 7) is 3.18. The van der Waals surface area contributed by atoms with Crippen LogP contribution in [0.1, 0.15) is 6.92 Å². The van der Waals surface area contributed by atoms with Crippen molar-refractivity contribution in [3.63, 3.8) is 0 Å². The minimum absolute atomic E-state index is 0. The fraction of sp³-hybridized carbons (Fsp3) is 0.200. The fourth-order valence-electron chi connectivity index (χ4n) is 1.53. The van der Waals surface area contributed by atoms with Crippen molar-refractivity contribution < 1.29 is 16.7 Å². The Balaban J connectivity index is 0.000000845. The Bertz CT molecular complexity index is 409. The molecule has 0 spiro atoms. The predicted octanol–water partition coefficient (Wildman–Crippen LogP) is 0.533. The molecule has 4 nitrogen and oxygen atoms in total. The minimum atomic E-state index is 0. The van der Waals surface area contributed by atoms with Crippen LogP contribution in [0.25, 0.3) is 10.9 Å². The zero-order chi connectivity index (χ0) is 8.55. The standard InChI is InChI=1S/C10H12N2.2H2O/c1-2-12-6-5-8-7-9(11)3-4-10(8)12;;/h3-7H,2,11H2,1H3;2*1H2.